The molecule has 1 aliphatic heterocycles. The van der Waals surface area contributed by atoms with Crippen molar-refractivity contribution in [3.05, 3.63) is 29.8 Å². The van der Waals surface area contributed by atoms with Crippen molar-refractivity contribution in [2.45, 2.75) is 25.7 Å². The number of hydrogen-bond donors (Lipinski definition) is 0. The van der Waals surface area contributed by atoms with Crippen molar-refractivity contribution in [1.29, 1.82) is 0 Å². The van der Waals surface area contributed by atoms with Crippen molar-refractivity contribution in [3.63, 3.8) is 0 Å². The van der Waals surface area contributed by atoms with E-state index in [-0.39, 0.29) is 12.8 Å². The van der Waals surface area contributed by atoms with Gasteiger partial charge in [-0.05, 0) is 19.1 Å². The van der Waals surface area contributed by atoms with E-state index in [2.05, 4.69) is 0 Å². The van der Waals surface area contributed by atoms with Crippen LogP contribution in [0.2, 0.25) is 0 Å². The summed E-state index contributed by atoms with van der Waals surface area (Å²) in [5, 5.41) is 0. The predicted octanol–water partition coefficient (Wildman–Crippen LogP) is 3.10. The van der Waals surface area contributed by atoms with Gasteiger partial charge < -0.3 is 4.74 Å². The molecule has 0 aromatic heterocycles. The van der Waals surface area contributed by atoms with Crippen LogP contribution in [0.15, 0.2) is 24.3 Å². The molecule has 2 rings (SSSR count). The first-order valence-corrected chi connectivity index (χ1v) is 6.35. The molecule has 1 aromatic rings. The van der Waals surface area contributed by atoms with Gasteiger partial charge in [-0.15, -0.1) is 0 Å². The Balaban J connectivity index is 1.68. The highest BCUT2D eigenvalue weighted by atomic mass is 19.3. The molecule has 100 valence electrons. The maximum atomic E-state index is 12.9. The summed E-state index contributed by atoms with van der Waals surface area (Å²) in [5.41, 5.74) is 1.20. The summed E-state index contributed by atoms with van der Waals surface area (Å²) in [6.45, 7) is 4.21. The van der Waals surface area contributed by atoms with E-state index in [9.17, 15) is 8.78 Å². The number of halogens is 2. The van der Waals surface area contributed by atoms with Crippen LogP contribution in [0, 0.1) is 6.92 Å². The van der Waals surface area contributed by atoms with Gasteiger partial charge in [-0.3, -0.25) is 4.90 Å². The van der Waals surface area contributed by atoms with E-state index < -0.39 is 5.92 Å². The van der Waals surface area contributed by atoms with Gasteiger partial charge in [-0.1, -0.05) is 17.7 Å². The number of likely N-dealkylation sites (tertiary alicyclic amines) is 1. The van der Waals surface area contributed by atoms with Crippen LogP contribution < -0.4 is 4.74 Å². The number of ether oxygens (including phenoxy) is 1. The highest BCUT2D eigenvalue weighted by Crippen LogP contribution is 2.27. The number of benzene rings is 1. The van der Waals surface area contributed by atoms with Crippen LogP contribution in [-0.4, -0.2) is 37.1 Å². The Hall–Kier alpha value is -1.16. The second-order valence-corrected chi connectivity index (χ2v) is 4.86. The molecule has 4 heteroatoms. The minimum atomic E-state index is -2.46. The van der Waals surface area contributed by atoms with Crippen LogP contribution in [0.5, 0.6) is 5.75 Å². The lowest BCUT2D eigenvalue weighted by molar-refractivity contribution is -0.0564. The van der Waals surface area contributed by atoms with E-state index in [0.29, 0.717) is 26.2 Å². The molecular formula is C14H19F2NO. The third kappa shape index (κ3) is 3.95. The summed E-state index contributed by atoms with van der Waals surface area (Å²) in [4.78, 5) is 2.03. The predicted molar refractivity (Wildman–Crippen MR) is 67.3 cm³/mol. The van der Waals surface area contributed by atoms with Crippen LogP contribution in [0.25, 0.3) is 0 Å². The first-order valence-electron chi connectivity index (χ1n) is 6.35. The monoisotopic (exact) mass is 255 g/mol. The maximum absolute atomic E-state index is 12.9. The highest BCUT2D eigenvalue weighted by Gasteiger charge is 2.33. The smallest absolute Gasteiger partial charge is 0.250 e. The molecule has 0 spiro atoms. The first-order chi connectivity index (χ1) is 8.55. The van der Waals surface area contributed by atoms with Crippen LogP contribution in [-0.2, 0) is 0 Å². The largest absolute Gasteiger partial charge is 0.492 e. The van der Waals surface area contributed by atoms with Gasteiger partial charge in [0, 0.05) is 32.5 Å². The second-order valence-electron chi connectivity index (χ2n) is 4.86. The number of aryl methyl sites for hydroxylation is 1. The third-order valence-corrected chi connectivity index (χ3v) is 3.28. The lowest BCUT2D eigenvalue weighted by Crippen LogP contribution is -2.41. The van der Waals surface area contributed by atoms with Crippen molar-refractivity contribution >= 4 is 0 Å². The number of rotatable bonds is 4. The molecule has 0 aliphatic carbocycles. The molecule has 0 saturated carbocycles. The van der Waals surface area contributed by atoms with Gasteiger partial charge in [0.05, 0.1) is 0 Å². The Bertz CT molecular complexity index is 368. The topological polar surface area (TPSA) is 12.5 Å². The lowest BCUT2D eigenvalue weighted by Gasteiger charge is -2.31. The van der Waals surface area contributed by atoms with Gasteiger partial charge in [0.15, 0.2) is 0 Å². The Morgan fingerprint density at radius 1 is 1.17 bits per heavy atom. The van der Waals surface area contributed by atoms with Gasteiger partial charge in [-0.25, -0.2) is 8.78 Å². The average molecular weight is 255 g/mol. The molecule has 2 nitrogen and oxygen atoms in total. The van der Waals surface area contributed by atoms with Gasteiger partial charge >= 0.3 is 0 Å². The minimum absolute atomic E-state index is 0.0302. The highest BCUT2D eigenvalue weighted by molar-refractivity contribution is 5.26. The number of nitrogens with zero attached hydrogens (tertiary/aromatic N) is 1. The zero-order valence-corrected chi connectivity index (χ0v) is 10.7. The summed E-state index contributed by atoms with van der Waals surface area (Å²) in [6.07, 6.45) is -0.0605. The standard InChI is InChI=1S/C14H19F2NO/c1-12-2-4-13(5-3-12)18-11-10-17-8-6-14(15,16)7-9-17/h2-5H,6-11H2,1H3. The maximum Gasteiger partial charge on any atom is 0.250 e. The Morgan fingerprint density at radius 3 is 2.39 bits per heavy atom. The van der Waals surface area contributed by atoms with Crippen LogP contribution in [0.1, 0.15) is 18.4 Å². The Kier molecular flexibility index (Phi) is 4.17. The molecule has 0 bridgehead atoms. The molecule has 18 heavy (non-hydrogen) atoms. The van der Waals surface area contributed by atoms with E-state index in [1.807, 2.05) is 36.1 Å². The molecule has 0 N–H and O–H groups in total. The average Bonchev–Trinajstić information content (AvgIpc) is 2.34. The molecule has 0 atom stereocenters. The summed E-state index contributed by atoms with van der Waals surface area (Å²) in [5.74, 6) is -1.63. The number of hydrogen-bond acceptors (Lipinski definition) is 2. The summed E-state index contributed by atoms with van der Waals surface area (Å²) < 4.78 is 31.5. The van der Waals surface area contributed by atoms with Crippen LogP contribution in [0.4, 0.5) is 8.78 Å². The molecule has 1 saturated heterocycles. The van der Waals surface area contributed by atoms with E-state index in [0.717, 1.165) is 5.75 Å². The summed E-state index contributed by atoms with van der Waals surface area (Å²) in [6, 6.07) is 7.85. The number of alkyl halides is 2. The van der Waals surface area contributed by atoms with Gasteiger partial charge in [0.1, 0.15) is 12.4 Å². The normalized spacial score (nSPS) is 19.7. The molecule has 1 aliphatic rings. The minimum Gasteiger partial charge on any atom is -0.492 e. The van der Waals surface area contributed by atoms with Crippen molar-refractivity contribution in [1.82, 2.24) is 4.90 Å². The second kappa shape index (κ2) is 5.65. The van der Waals surface area contributed by atoms with Crippen molar-refractivity contribution < 1.29 is 13.5 Å². The fourth-order valence-corrected chi connectivity index (χ4v) is 2.03. The molecule has 0 amide bonds. The number of piperidine rings is 1. The Labute approximate surface area is 107 Å². The zero-order valence-electron chi connectivity index (χ0n) is 10.7. The zero-order chi connectivity index (χ0) is 13.0. The summed E-state index contributed by atoms with van der Waals surface area (Å²) >= 11 is 0. The molecule has 1 fully saturated rings. The SMILES string of the molecule is Cc1ccc(OCCN2CCC(F)(F)CC2)cc1. The van der Waals surface area contributed by atoms with Crippen LogP contribution >= 0.6 is 0 Å². The fraction of sp³-hybridized carbons (Fsp3) is 0.571. The van der Waals surface area contributed by atoms with Crippen molar-refractivity contribution in [2.24, 2.45) is 0 Å². The third-order valence-electron chi connectivity index (χ3n) is 3.28. The van der Waals surface area contributed by atoms with Gasteiger partial charge in [-0.2, -0.15) is 0 Å². The molecule has 0 radical (unpaired) electrons. The summed E-state index contributed by atoms with van der Waals surface area (Å²) in [7, 11) is 0. The molecular weight excluding hydrogens is 236 g/mol. The van der Waals surface area contributed by atoms with E-state index in [1.165, 1.54) is 5.56 Å². The van der Waals surface area contributed by atoms with Crippen LogP contribution in [0.3, 0.4) is 0 Å². The van der Waals surface area contributed by atoms with E-state index in [1.54, 1.807) is 0 Å². The quantitative estimate of drug-likeness (QED) is 0.819. The fourth-order valence-electron chi connectivity index (χ4n) is 2.03. The Morgan fingerprint density at radius 2 is 1.78 bits per heavy atom. The molecule has 0 unspecified atom stereocenters. The molecule has 1 heterocycles. The first kappa shape index (κ1) is 13.3. The van der Waals surface area contributed by atoms with E-state index in [4.69, 9.17) is 4.74 Å². The van der Waals surface area contributed by atoms with Gasteiger partial charge in [0.2, 0.25) is 0 Å². The van der Waals surface area contributed by atoms with Crippen molar-refractivity contribution in [2.75, 3.05) is 26.2 Å². The molecule has 1 aromatic carbocycles. The van der Waals surface area contributed by atoms with Crippen molar-refractivity contribution in [3.8, 4) is 5.75 Å². The van der Waals surface area contributed by atoms with Gasteiger partial charge in [0.25, 0.3) is 5.92 Å². The lowest BCUT2D eigenvalue weighted by atomic mass is 10.1. The van der Waals surface area contributed by atoms with E-state index >= 15 is 0 Å².